The lowest BCUT2D eigenvalue weighted by Crippen LogP contribution is -2.32. The second kappa shape index (κ2) is 4.05. The molecule has 0 unspecified atom stereocenters. The topological polar surface area (TPSA) is 64.8 Å². The van der Waals surface area contributed by atoms with Gasteiger partial charge in [-0.05, 0) is 26.7 Å². The summed E-state index contributed by atoms with van der Waals surface area (Å²) in [4.78, 5) is 0. The third kappa shape index (κ3) is 2.14. The molecule has 0 bridgehead atoms. The van der Waals surface area contributed by atoms with Gasteiger partial charge >= 0.3 is 0 Å². The van der Waals surface area contributed by atoms with Crippen LogP contribution in [0.3, 0.4) is 0 Å². The molecule has 0 saturated heterocycles. The zero-order valence-electron chi connectivity index (χ0n) is 10.1. The maximum atomic E-state index is 11.9. The van der Waals surface area contributed by atoms with Gasteiger partial charge in [-0.25, -0.2) is 8.42 Å². The quantitative estimate of drug-likeness (QED) is 0.793. The molecule has 0 radical (unpaired) electrons. The van der Waals surface area contributed by atoms with Crippen molar-refractivity contribution in [2.24, 2.45) is 0 Å². The van der Waals surface area contributed by atoms with Crippen LogP contribution in [0.2, 0.25) is 0 Å². The van der Waals surface area contributed by atoms with Crippen LogP contribution in [0.5, 0.6) is 0 Å². The van der Waals surface area contributed by atoms with Crippen LogP contribution < -0.4 is 0 Å². The Balaban J connectivity index is 2.56. The number of halogens is 1. The fourth-order valence-corrected chi connectivity index (χ4v) is 2.56. The number of hydrogen-bond donors (Lipinski definition) is 0. The van der Waals surface area contributed by atoms with Crippen LogP contribution in [0.4, 0.5) is 0 Å². The van der Waals surface area contributed by atoms with Crippen molar-refractivity contribution in [2.75, 3.05) is 6.26 Å². The molecular formula is C10H16BrN3O2S. The number of nitrogens with zero attached hydrogens (tertiary/aromatic N) is 3. The van der Waals surface area contributed by atoms with Crippen LogP contribution in [0.15, 0.2) is 0 Å². The zero-order chi connectivity index (χ0) is 12.8. The van der Waals surface area contributed by atoms with Crippen LogP contribution in [0.25, 0.3) is 0 Å². The number of rotatable bonds is 4. The summed E-state index contributed by atoms with van der Waals surface area (Å²) in [6.07, 6.45) is 3.39. The molecular weight excluding hydrogens is 306 g/mol. The van der Waals surface area contributed by atoms with Crippen molar-refractivity contribution in [1.29, 1.82) is 0 Å². The number of alkyl halides is 1. The molecule has 96 valence electrons. The lowest BCUT2D eigenvalue weighted by Gasteiger charge is -2.22. The molecule has 1 aliphatic carbocycles. The average molecular weight is 322 g/mol. The van der Waals surface area contributed by atoms with Gasteiger partial charge in [0.25, 0.3) is 0 Å². The Morgan fingerprint density at radius 3 is 2.41 bits per heavy atom. The Kier molecular flexibility index (Phi) is 3.10. The predicted molar refractivity (Wildman–Crippen MR) is 68.8 cm³/mol. The molecule has 1 fully saturated rings. The van der Waals surface area contributed by atoms with Gasteiger partial charge in [0.2, 0.25) is 0 Å². The van der Waals surface area contributed by atoms with Crippen molar-refractivity contribution in [1.82, 2.24) is 14.8 Å². The first kappa shape index (κ1) is 13.0. The van der Waals surface area contributed by atoms with Crippen LogP contribution in [-0.4, -0.2) is 29.4 Å². The fraction of sp³-hybridized carbons (Fsp3) is 0.800. The maximum absolute atomic E-state index is 11.9. The fourth-order valence-electron chi connectivity index (χ4n) is 1.71. The highest BCUT2D eigenvalue weighted by molar-refractivity contribution is 9.08. The molecule has 1 saturated carbocycles. The third-order valence-electron chi connectivity index (χ3n) is 3.26. The molecule has 0 spiro atoms. The van der Waals surface area contributed by atoms with Gasteiger partial charge in [0.15, 0.2) is 15.7 Å². The van der Waals surface area contributed by atoms with Gasteiger partial charge in [-0.15, -0.1) is 10.2 Å². The van der Waals surface area contributed by atoms with E-state index in [2.05, 4.69) is 26.1 Å². The van der Waals surface area contributed by atoms with Gasteiger partial charge < -0.3 is 4.57 Å². The smallest absolute Gasteiger partial charge is 0.159 e. The largest absolute Gasteiger partial charge is 0.310 e. The maximum Gasteiger partial charge on any atom is 0.159 e. The van der Waals surface area contributed by atoms with E-state index in [1.165, 1.54) is 6.26 Å². The summed E-state index contributed by atoms with van der Waals surface area (Å²) in [6.45, 7) is 3.37. The molecule has 17 heavy (non-hydrogen) atoms. The number of hydrogen-bond acceptors (Lipinski definition) is 4. The van der Waals surface area contributed by atoms with E-state index in [1.807, 2.05) is 4.57 Å². The molecule has 1 aromatic heterocycles. The summed E-state index contributed by atoms with van der Waals surface area (Å²) in [7, 11) is -3.22. The minimum Gasteiger partial charge on any atom is -0.310 e. The minimum absolute atomic E-state index is 0.369. The van der Waals surface area contributed by atoms with E-state index in [-0.39, 0.29) is 0 Å². The summed E-state index contributed by atoms with van der Waals surface area (Å²) in [6, 6.07) is 0.369. The van der Waals surface area contributed by atoms with Crippen LogP contribution in [-0.2, 0) is 19.9 Å². The first-order valence-electron chi connectivity index (χ1n) is 5.49. The first-order chi connectivity index (χ1) is 7.79. The normalized spacial score (nSPS) is 17.4. The highest BCUT2D eigenvalue weighted by Gasteiger charge is 2.41. The van der Waals surface area contributed by atoms with E-state index < -0.39 is 14.6 Å². The molecule has 0 amide bonds. The Bertz CT molecular complexity index is 532. The Morgan fingerprint density at radius 1 is 1.41 bits per heavy atom. The molecule has 1 heterocycles. The Morgan fingerprint density at radius 2 is 2.00 bits per heavy atom. The summed E-state index contributed by atoms with van der Waals surface area (Å²) < 4.78 is 24.7. The summed E-state index contributed by atoms with van der Waals surface area (Å²) >= 11 is 3.36. The monoisotopic (exact) mass is 321 g/mol. The van der Waals surface area contributed by atoms with E-state index >= 15 is 0 Å². The van der Waals surface area contributed by atoms with E-state index in [0.717, 1.165) is 18.7 Å². The second-order valence-electron chi connectivity index (χ2n) is 4.96. The van der Waals surface area contributed by atoms with Gasteiger partial charge in [0.05, 0.1) is 5.33 Å². The number of aromatic nitrogens is 3. The summed E-state index contributed by atoms with van der Waals surface area (Å²) in [5.74, 6) is 1.36. The van der Waals surface area contributed by atoms with E-state index in [9.17, 15) is 8.42 Å². The third-order valence-corrected chi connectivity index (χ3v) is 5.80. The SMILES string of the molecule is CC(C)(c1nnc(CBr)n1C1CC1)S(C)(=O)=O. The van der Waals surface area contributed by atoms with E-state index in [0.29, 0.717) is 17.2 Å². The van der Waals surface area contributed by atoms with Crippen LogP contribution in [0, 0.1) is 0 Å². The van der Waals surface area contributed by atoms with Gasteiger partial charge in [-0.1, -0.05) is 15.9 Å². The van der Waals surface area contributed by atoms with Gasteiger partial charge in [0, 0.05) is 12.3 Å². The zero-order valence-corrected chi connectivity index (χ0v) is 12.5. The molecule has 1 aromatic rings. The molecule has 5 nitrogen and oxygen atoms in total. The molecule has 0 N–H and O–H groups in total. The highest BCUT2D eigenvalue weighted by Crippen LogP contribution is 2.40. The summed E-state index contributed by atoms with van der Waals surface area (Å²) in [5.41, 5.74) is 0. The van der Waals surface area contributed by atoms with E-state index in [1.54, 1.807) is 13.8 Å². The molecule has 0 aliphatic heterocycles. The van der Waals surface area contributed by atoms with Crippen molar-refractivity contribution in [2.45, 2.75) is 42.8 Å². The van der Waals surface area contributed by atoms with Gasteiger partial charge in [-0.2, -0.15) is 0 Å². The molecule has 1 aliphatic rings. The second-order valence-corrected chi connectivity index (χ2v) is 8.08. The van der Waals surface area contributed by atoms with E-state index in [4.69, 9.17) is 0 Å². The lowest BCUT2D eigenvalue weighted by atomic mass is 10.2. The molecule has 2 rings (SSSR count). The average Bonchev–Trinajstić information content (AvgIpc) is 2.95. The van der Waals surface area contributed by atoms with Crippen molar-refractivity contribution in [3.8, 4) is 0 Å². The van der Waals surface area contributed by atoms with Gasteiger partial charge in [0.1, 0.15) is 10.6 Å². The minimum atomic E-state index is -3.22. The standard InChI is InChI=1S/C10H16BrN3O2S/c1-10(2,17(3,15)16)9-13-12-8(6-11)14(9)7-4-5-7/h7H,4-6H2,1-3H3. The predicted octanol–water partition coefficient (Wildman–Crippen LogP) is 1.79. The summed E-state index contributed by atoms with van der Waals surface area (Å²) in [5, 5.41) is 8.76. The Labute approximate surface area is 110 Å². The van der Waals surface area contributed by atoms with Crippen LogP contribution >= 0.6 is 15.9 Å². The first-order valence-corrected chi connectivity index (χ1v) is 8.50. The highest BCUT2D eigenvalue weighted by atomic mass is 79.9. The Hall–Kier alpha value is -0.430. The van der Waals surface area contributed by atoms with Crippen molar-refractivity contribution in [3.63, 3.8) is 0 Å². The number of sulfone groups is 1. The lowest BCUT2D eigenvalue weighted by molar-refractivity contribution is 0.527. The van der Waals surface area contributed by atoms with Crippen molar-refractivity contribution in [3.05, 3.63) is 11.6 Å². The van der Waals surface area contributed by atoms with Gasteiger partial charge in [-0.3, -0.25) is 0 Å². The molecule has 0 atom stereocenters. The van der Waals surface area contributed by atoms with Crippen molar-refractivity contribution >= 4 is 25.8 Å². The molecule has 7 heteroatoms. The van der Waals surface area contributed by atoms with Crippen molar-refractivity contribution < 1.29 is 8.42 Å². The molecule has 0 aromatic carbocycles. The van der Waals surface area contributed by atoms with Crippen LogP contribution in [0.1, 0.15) is 44.4 Å².